The van der Waals surface area contributed by atoms with Crippen molar-refractivity contribution in [2.24, 2.45) is 5.41 Å². The molecule has 1 N–H and O–H groups in total. The Morgan fingerprint density at radius 1 is 1.07 bits per heavy atom. The average Bonchev–Trinajstić information content (AvgIpc) is 2.13. The first-order valence-electron chi connectivity index (χ1n) is 5.70. The first-order valence-corrected chi connectivity index (χ1v) is 6.83. The molecule has 0 aromatic carbocycles. The van der Waals surface area contributed by atoms with Crippen LogP contribution in [0.5, 0.6) is 0 Å². The molecule has 0 aromatic heterocycles. The van der Waals surface area contributed by atoms with Gasteiger partial charge in [0.05, 0.1) is 13.2 Å². The molecule has 3 nitrogen and oxygen atoms in total. The van der Waals surface area contributed by atoms with Crippen LogP contribution in [0.15, 0.2) is 0 Å². The zero-order chi connectivity index (χ0) is 11.7. The second-order valence-corrected chi connectivity index (χ2v) is 5.96. The van der Waals surface area contributed by atoms with E-state index in [1.54, 1.807) is 0 Å². The molecule has 0 aliphatic rings. The van der Waals surface area contributed by atoms with Gasteiger partial charge in [-0.25, -0.2) is 0 Å². The van der Waals surface area contributed by atoms with E-state index in [2.05, 4.69) is 27.7 Å². The molecule has 0 fully saturated rings. The van der Waals surface area contributed by atoms with Crippen molar-refractivity contribution in [3.63, 3.8) is 0 Å². The second kappa shape index (κ2) is 8.46. The smallest absolute Gasteiger partial charge is 0.328 e. The standard InChI is InChI=1S/C11H25O3P/c1-5-6-7-8-9-13-15(12)14-10-11(2,3)4/h12H,5-10H2,1-4H3. The summed E-state index contributed by atoms with van der Waals surface area (Å²) in [6.45, 7) is 9.51. The number of unbranched alkanes of at least 4 members (excludes halogenated alkanes) is 3. The molecule has 0 spiro atoms. The van der Waals surface area contributed by atoms with E-state index in [1.165, 1.54) is 19.3 Å². The molecule has 0 heterocycles. The van der Waals surface area contributed by atoms with Gasteiger partial charge in [0.2, 0.25) is 0 Å². The summed E-state index contributed by atoms with van der Waals surface area (Å²) < 4.78 is 10.4. The van der Waals surface area contributed by atoms with Crippen molar-refractivity contribution in [1.82, 2.24) is 0 Å². The van der Waals surface area contributed by atoms with Gasteiger partial charge in [0.1, 0.15) is 0 Å². The summed E-state index contributed by atoms with van der Waals surface area (Å²) in [4.78, 5) is 9.39. The van der Waals surface area contributed by atoms with Crippen LogP contribution in [0.25, 0.3) is 0 Å². The normalized spacial score (nSPS) is 14.2. The number of rotatable bonds is 8. The maximum Gasteiger partial charge on any atom is 0.329 e. The molecule has 0 aromatic rings. The van der Waals surface area contributed by atoms with Gasteiger partial charge in [-0.15, -0.1) is 0 Å². The Hall–Kier alpha value is 0.310. The van der Waals surface area contributed by atoms with E-state index in [4.69, 9.17) is 9.05 Å². The van der Waals surface area contributed by atoms with Gasteiger partial charge in [0.15, 0.2) is 0 Å². The first-order chi connectivity index (χ1) is 6.95. The number of hydrogen-bond donors (Lipinski definition) is 1. The Morgan fingerprint density at radius 3 is 2.27 bits per heavy atom. The summed E-state index contributed by atoms with van der Waals surface area (Å²) in [6.07, 6.45) is 4.62. The third kappa shape index (κ3) is 12.2. The van der Waals surface area contributed by atoms with E-state index in [0.29, 0.717) is 13.2 Å². The first kappa shape index (κ1) is 15.3. The highest BCUT2D eigenvalue weighted by Crippen LogP contribution is 2.35. The predicted molar refractivity (Wildman–Crippen MR) is 64.6 cm³/mol. The largest absolute Gasteiger partial charge is 0.329 e. The van der Waals surface area contributed by atoms with Gasteiger partial charge in [0, 0.05) is 0 Å². The maximum absolute atomic E-state index is 9.39. The van der Waals surface area contributed by atoms with Crippen molar-refractivity contribution >= 4 is 8.60 Å². The molecule has 1 unspecified atom stereocenters. The average molecular weight is 236 g/mol. The summed E-state index contributed by atoms with van der Waals surface area (Å²) in [5.74, 6) is 0. The molecule has 0 amide bonds. The Morgan fingerprint density at radius 2 is 1.73 bits per heavy atom. The molecule has 0 saturated carbocycles. The van der Waals surface area contributed by atoms with Crippen molar-refractivity contribution in [3.8, 4) is 0 Å². The van der Waals surface area contributed by atoms with E-state index < -0.39 is 8.60 Å². The highest BCUT2D eigenvalue weighted by atomic mass is 31.2. The van der Waals surface area contributed by atoms with Gasteiger partial charge < -0.3 is 13.9 Å². The molecule has 15 heavy (non-hydrogen) atoms. The zero-order valence-corrected chi connectivity index (χ0v) is 11.3. The predicted octanol–water partition coefficient (Wildman–Crippen LogP) is 3.87. The molecular formula is C11H25O3P. The SMILES string of the molecule is CCCCCCOP(O)OCC(C)(C)C. The Balaban J connectivity index is 3.30. The van der Waals surface area contributed by atoms with Gasteiger partial charge in [-0.05, 0) is 11.8 Å². The minimum absolute atomic E-state index is 0.0783. The zero-order valence-electron chi connectivity index (χ0n) is 10.5. The van der Waals surface area contributed by atoms with Crippen LogP contribution >= 0.6 is 8.60 Å². The van der Waals surface area contributed by atoms with E-state index in [-0.39, 0.29) is 5.41 Å². The molecule has 0 rings (SSSR count). The fourth-order valence-electron chi connectivity index (χ4n) is 0.958. The van der Waals surface area contributed by atoms with Crippen molar-refractivity contribution in [3.05, 3.63) is 0 Å². The Bertz CT molecular complexity index is 145. The molecule has 0 saturated heterocycles. The monoisotopic (exact) mass is 236 g/mol. The van der Waals surface area contributed by atoms with E-state index >= 15 is 0 Å². The quantitative estimate of drug-likeness (QED) is 0.513. The summed E-state index contributed by atoms with van der Waals surface area (Å²) in [5, 5.41) is 0. The van der Waals surface area contributed by atoms with Crippen molar-refractivity contribution in [2.45, 2.75) is 53.4 Å². The lowest BCUT2D eigenvalue weighted by atomic mass is 9.99. The minimum atomic E-state index is -1.67. The van der Waals surface area contributed by atoms with Gasteiger partial charge in [-0.1, -0.05) is 47.0 Å². The third-order valence-electron chi connectivity index (χ3n) is 1.81. The van der Waals surface area contributed by atoms with Gasteiger partial charge >= 0.3 is 8.60 Å². The number of hydrogen-bond acceptors (Lipinski definition) is 3. The molecule has 0 aliphatic heterocycles. The molecule has 1 atom stereocenters. The lowest BCUT2D eigenvalue weighted by molar-refractivity contribution is 0.146. The molecule has 0 radical (unpaired) electrons. The summed E-state index contributed by atoms with van der Waals surface area (Å²) >= 11 is 0. The molecule has 0 aliphatic carbocycles. The highest BCUT2D eigenvalue weighted by molar-refractivity contribution is 7.40. The van der Waals surface area contributed by atoms with Crippen LogP contribution in [-0.4, -0.2) is 18.1 Å². The van der Waals surface area contributed by atoms with Gasteiger partial charge in [-0.3, -0.25) is 0 Å². The highest BCUT2D eigenvalue weighted by Gasteiger charge is 2.14. The maximum atomic E-state index is 9.39. The van der Waals surface area contributed by atoms with Gasteiger partial charge in [0.25, 0.3) is 0 Å². The topological polar surface area (TPSA) is 38.7 Å². The lowest BCUT2D eigenvalue weighted by Crippen LogP contribution is -2.13. The van der Waals surface area contributed by atoms with Crippen LogP contribution in [0.2, 0.25) is 0 Å². The van der Waals surface area contributed by atoms with Crippen molar-refractivity contribution in [1.29, 1.82) is 0 Å². The fraction of sp³-hybridized carbons (Fsp3) is 1.00. The summed E-state index contributed by atoms with van der Waals surface area (Å²) in [6, 6.07) is 0. The molecular weight excluding hydrogens is 211 g/mol. The van der Waals surface area contributed by atoms with E-state index in [1.807, 2.05) is 0 Å². The van der Waals surface area contributed by atoms with Crippen LogP contribution in [0.4, 0.5) is 0 Å². The van der Waals surface area contributed by atoms with Crippen LogP contribution < -0.4 is 0 Å². The minimum Gasteiger partial charge on any atom is -0.328 e. The Labute approximate surface area is 95.2 Å². The van der Waals surface area contributed by atoms with Crippen molar-refractivity contribution in [2.75, 3.05) is 13.2 Å². The molecule has 0 bridgehead atoms. The van der Waals surface area contributed by atoms with Crippen LogP contribution in [0.1, 0.15) is 53.4 Å². The Kier molecular flexibility index (Phi) is 8.64. The molecule has 92 valence electrons. The van der Waals surface area contributed by atoms with E-state index in [0.717, 1.165) is 6.42 Å². The van der Waals surface area contributed by atoms with E-state index in [9.17, 15) is 4.89 Å². The van der Waals surface area contributed by atoms with Crippen molar-refractivity contribution < 1.29 is 13.9 Å². The van der Waals surface area contributed by atoms with Gasteiger partial charge in [-0.2, -0.15) is 0 Å². The summed E-state index contributed by atoms with van der Waals surface area (Å²) in [7, 11) is -1.67. The van der Waals surface area contributed by atoms with Crippen LogP contribution in [-0.2, 0) is 9.05 Å². The lowest BCUT2D eigenvalue weighted by Gasteiger charge is -2.19. The third-order valence-corrected chi connectivity index (χ3v) is 2.56. The second-order valence-electron chi connectivity index (χ2n) is 4.97. The fourth-order valence-corrected chi connectivity index (χ4v) is 1.82. The van der Waals surface area contributed by atoms with Crippen LogP contribution in [0, 0.1) is 5.41 Å². The van der Waals surface area contributed by atoms with Crippen LogP contribution in [0.3, 0.4) is 0 Å². The molecule has 4 heteroatoms. The summed E-state index contributed by atoms with van der Waals surface area (Å²) in [5.41, 5.74) is 0.0783.